The fraction of sp³-hybridized carbons (Fsp3) is 0.417. The van der Waals surface area contributed by atoms with Crippen LogP contribution in [0.1, 0.15) is 33.6 Å². The molecule has 0 N–H and O–H groups in total. The highest BCUT2D eigenvalue weighted by Gasteiger charge is 2.37. The molecular weight excluding hydrogens is 424 g/mol. The number of amides is 2. The number of hydrogen-bond acceptors (Lipinski definition) is 7. The quantitative estimate of drug-likeness (QED) is 0.472. The topological polar surface area (TPSA) is 56.3 Å². The molecule has 2 amide bonds. The molecule has 0 spiro atoms. The number of fused-ring (bicyclic) bond motifs is 2. The van der Waals surface area contributed by atoms with Gasteiger partial charge in [-0.3, -0.25) is 19.5 Å². The third-order valence-corrected chi connectivity index (χ3v) is 7.49. The number of piperazine rings is 1. The molecule has 3 aliphatic heterocycles. The van der Waals surface area contributed by atoms with Crippen molar-refractivity contribution in [2.45, 2.75) is 17.7 Å². The van der Waals surface area contributed by atoms with Gasteiger partial charge in [0.15, 0.2) is 0 Å². The minimum absolute atomic E-state index is 0.207. The normalized spacial score (nSPS) is 18.9. The number of thioether (sulfide) groups is 1. The van der Waals surface area contributed by atoms with Gasteiger partial charge in [0, 0.05) is 37.6 Å². The maximum absolute atomic E-state index is 12.7. The molecule has 0 bridgehead atoms. The molecule has 3 heterocycles. The highest BCUT2D eigenvalue weighted by molar-refractivity contribution is 7.99. The van der Waals surface area contributed by atoms with Gasteiger partial charge in [0.2, 0.25) is 0 Å². The van der Waals surface area contributed by atoms with Crippen LogP contribution in [0.2, 0.25) is 0 Å². The van der Waals surface area contributed by atoms with E-state index in [0.29, 0.717) is 23.4 Å². The number of rotatable bonds is 7. The van der Waals surface area contributed by atoms with Crippen LogP contribution < -0.4 is 9.75 Å². The lowest BCUT2D eigenvalue weighted by Gasteiger charge is -2.40. The van der Waals surface area contributed by atoms with Crippen LogP contribution in [0.25, 0.3) is 0 Å². The summed E-state index contributed by atoms with van der Waals surface area (Å²) in [4.78, 5) is 30.6. The number of carbonyl (C=O) groups excluding carboxylic acids is 2. The molecule has 8 heteroatoms. The molecular formula is C24H28N4O3S. The number of anilines is 1. The van der Waals surface area contributed by atoms with Crippen LogP contribution in [0.4, 0.5) is 5.69 Å². The van der Waals surface area contributed by atoms with Crippen molar-refractivity contribution in [2.75, 3.05) is 57.3 Å². The number of carbonyl (C=O) groups is 2. The van der Waals surface area contributed by atoms with Crippen LogP contribution in [-0.4, -0.2) is 78.9 Å². The molecule has 0 aromatic heterocycles. The Morgan fingerprint density at radius 2 is 1.69 bits per heavy atom. The van der Waals surface area contributed by atoms with Crippen molar-refractivity contribution in [2.24, 2.45) is 0 Å². The van der Waals surface area contributed by atoms with E-state index in [1.807, 2.05) is 11.8 Å². The number of nitrogens with zero attached hydrogens (tertiary/aromatic N) is 4. The summed E-state index contributed by atoms with van der Waals surface area (Å²) in [6, 6.07) is 13.8. The van der Waals surface area contributed by atoms with Gasteiger partial charge in [0.25, 0.3) is 11.8 Å². The van der Waals surface area contributed by atoms with Gasteiger partial charge >= 0.3 is 0 Å². The van der Waals surface area contributed by atoms with Crippen molar-refractivity contribution in [3.8, 4) is 5.75 Å². The molecule has 2 aromatic rings. The van der Waals surface area contributed by atoms with E-state index in [1.54, 1.807) is 18.2 Å². The Balaban J connectivity index is 1.07. The van der Waals surface area contributed by atoms with E-state index in [4.69, 9.17) is 4.74 Å². The minimum atomic E-state index is -0.236. The number of benzene rings is 2. The summed E-state index contributed by atoms with van der Waals surface area (Å²) in [5, 5.41) is 4.87. The number of imide groups is 1. The number of unbranched alkanes of at least 4 members (excludes halogenated alkanes) is 1. The van der Waals surface area contributed by atoms with Gasteiger partial charge in [-0.2, -0.15) is 0 Å². The van der Waals surface area contributed by atoms with E-state index in [-0.39, 0.29) is 11.8 Å². The SMILES string of the molecule is COc1cccc2c1C(=O)N(CCCCN1CCN(N3CSc4ccccc43)CC1)C2=O. The second-order valence-corrected chi connectivity index (χ2v) is 9.27. The van der Waals surface area contributed by atoms with Gasteiger partial charge in [-0.05, 0) is 43.7 Å². The monoisotopic (exact) mass is 452 g/mol. The lowest BCUT2D eigenvalue weighted by atomic mass is 10.1. The summed E-state index contributed by atoms with van der Waals surface area (Å²) in [5.74, 6) is 1.02. The van der Waals surface area contributed by atoms with Crippen LogP contribution >= 0.6 is 11.8 Å². The summed E-state index contributed by atoms with van der Waals surface area (Å²) in [5.41, 5.74) is 2.17. The average Bonchev–Trinajstić information content (AvgIpc) is 3.37. The fourth-order valence-corrected chi connectivity index (χ4v) is 5.77. The van der Waals surface area contributed by atoms with Crippen LogP contribution in [0.3, 0.4) is 0 Å². The Labute approximate surface area is 192 Å². The lowest BCUT2D eigenvalue weighted by Crippen LogP contribution is -2.53. The van der Waals surface area contributed by atoms with Crippen molar-refractivity contribution in [1.82, 2.24) is 14.8 Å². The van der Waals surface area contributed by atoms with E-state index in [9.17, 15) is 9.59 Å². The third-order valence-electron chi connectivity index (χ3n) is 6.46. The summed E-state index contributed by atoms with van der Waals surface area (Å²) in [7, 11) is 1.52. The Kier molecular flexibility index (Phi) is 6.08. The number of ether oxygens (including phenoxy) is 1. The molecule has 1 saturated heterocycles. The van der Waals surface area contributed by atoms with Crippen molar-refractivity contribution in [3.05, 3.63) is 53.6 Å². The van der Waals surface area contributed by atoms with Gasteiger partial charge in [0.05, 0.1) is 29.8 Å². The first-order chi connectivity index (χ1) is 15.7. The van der Waals surface area contributed by atoms with Gasteiger partial charge in [0.1, 0.15) is 5.75 Å². The zero-order chi connectivity index (χ0) is 22.1. The summed E-state index contributed by atoms with van der Waals surface area (Å²) in [6.45, 7) is 5.56. The van der Waals surface area contributed by atoms with Gasteiger partial charge in [-0.15, -0.1) is 11.8 Å². The molecule has 32 heavy (non-hydrogen) atoms. The summed E-state index contributed by atoms with van der Waals surface area (Å²) < 4.78 is 5.28. The molecule has 7 nitrogen and oxygen atoms in total. The van der Waals surface area contributed by atoms with E-state index < -0.39 is 0 Å². The predicted molar refractivity (Wildman–Crippen MR) is 125 cm³/mol. The van der Waals surface area contributed by atoms with Crippen LogP contribution in [0, 0.1) is 0 Å². The number of methoxy groups -OCH3 is 1. The third kappa shape index (κ3) is 3.87. The molecule has 0 aliphatic carbocycles. The van der Waals surface area contributed by atoms with Gasteiger partial charge in [-0.1, -0.05) is 18.2 Å². The minimum Gasteiger partial charge on any atom is -0.496 e. The number of para-hydroxylation sites is 1. The predicted octanol–water partition coefficient (Wildman–Crippen LogP) is 3.17. The van der Waals surface area contributed by atoms with E-state index in [0.717, 1.165) is 51.4 Å². The Hall–Kier alpha value is -2.55. The molecule has 0 atom stereocenters. The van der Waals surface area contributed by atoms with Crippen LogP contribution in [0.15, 0.2) is 47.4 Å². The molecule has 5 rings (SSSR count). The molecule has 0 unspecified atom stereocenters. The maximum Gasteiger partial charge on any atom is 0.265 e. The highest BCUT2D eigenvalue weighted by atomic mass is 32.2. The van der Waals surface area contributed by atoms with Crippen LogP contribution in [0.5, 0.6) is 5.75 Å². The second-order valence-electron chi connectivity index (χ2n) is 8.29. The van der Waals surface area contributed by atoms with Crippen LogP contribution in [-0.2, 0) is 0 Å². The van der Waals surface area contributed by atoms with Gasteiger partial charge < -0.3 is 9.64 Å². The van der Waals surface area contributed by atoms with E-state index in [2.05, 4.69) is 39.2 Å². The zero-order valence-electron chi connectivity index (χ0n) is 18.3. The Morgan fingerprint density at radius 1 is 0.906 bits per heavy atom. The van der Waals surface area contributed by atoms with Gasteiger partial charge in [-0.25, -0.2) is 5.01 Å². The molecule has 3 aliphatic rings. The summed E-state index contributed by atoms with van der Waals surface area (Å²) in [6.07, 6.45) is 1.77. The van der Waals surface area contributed by atoms with E-state index >= 15 is 0 Å². The Morgan fingerprint density at radius 3 is 2.50 bits per heavy atom. The molecule has 0 radical (unpaired) electrons. The molecule has 1 fully saturated rings. The summed E-state index contributed by atoms with van der Waals surface area (Å²) >= 11 is 1.90. The average molecular weight is 453 g/mol. The van der Waals surface area contributed by atoms with E-state index in [1.165, 1.54) is 22.6 Å². The first kappa shape index (κ1) is 21.3. The molecule has 2 aromatic carbocycles. The Bertz CT molecular complexity index is 1020. The zero-order valence-corrected chi connectivity index (χ0v) is 19.1. The maximum atomic E-state index is 12.7. The number of hydrogen-bond donors (Lipinski definition) is 0. The molecule has 0 saturated carbocycles. The number of hydrazine groups is 1. The molecule has 168 valence electrons. The highest BCUT2D eigenvalue weighted by Crippen LogP contribution is 2.39. The first-order valence-electron chi connectivity index (χ1n) is 11.2. The van der Waals surface area contributed by atoms with Crippen molar-refractivity contribution < 1.29 is 14.3 Å². The first-order valence-corrected chi connectivity index (χ1v) is 12.2. The van der Waals surface area contributed by atoms with Crippen molar-refractivity contribution >= 4 is 29.3 Å². The second kappa shape index (κ2) is 9.13. The standard InChI is InChI=1S/C24H28N4O3S/c1-31-20-9-6-7-18-22(20)24(30)27(23(18)29)12-5-4-11-25-13-15-26(16-14-25)28-17-32-21-10-3-2-8-19(21)28/h2-3,6-10H,4-5,11-17H2,1H3. The fourth-order valence-electron chi connectivity index (χ4n) is 4.71. The largest absolute Gasteiger partial charge is 0.496 e. The van der Waals surface area contributed by atoms with Crippen molar-refractivity contribution in [3.63, 3.8) is 0 Å². The van der Waals surface area contributed by atoms with Crippen molar-refractivity contribution in [1.29, 1.82) is 0 Å². The smallest absolute Gasteiger partial charge is 0.265 e. The lowest BCUT2D eigenvalue weighted by molar-refractivity contribution is 0.0647.